The minimum atomic E-state index is -0.459. The number of nitrogens with zero attached hydrogens (tertiary/aromatic N) is 1. The van der Waals surface area contributed by atoms with Gasteiger partial charge in [0.25, 0.3) is 0 Å². The first kappa shape index (κ1) is 17.5. The lowest BCUT2D eigenvalue weighted by molar-refractivity contribution is -0.117. The van der Waals surface area contributed by atoms with Crippen LogP contribution in [0.25, 0.3) is 0 Å². The Hall–Kier alpha value is -1.56. The van der Waals surface area contributed by atoms with Gasteiger partial charge in [0.2, 0.25) is 6.41 Å². The average molecular weight is 357 g/mol. The van der Waals surface area contributed by atoms with Crippen LogP contribution < -0.4 is 10.1 Å². The molecule has 6 heteroatoms. The molecule has 5 nitrogen and oxygen atoms in total. The van der Waals surface area contributed by atoms with E-state index in [4.69, 9.17) is 4.74 Å². The van der Waals surface area contributed by atoms with E-state index in [2.05, 4.69) is 21.2 Å². The first-order valence-corrected chi connectivity index (χ1v) is 7.70. The Labute approximate surface area is 133 Å². The number of nitrogens with one attached hydrogen (secondary N) is 1. The Morgan fingerprint density at radius 2 is 2.14 bits per heavy atom. The molecular weight excluding hydrogens is 336 g/mol. The van der Waals surface area contributed by atoms with Crippen LogP contribution in [0.1, 0.15) is 26.2 Å². The van der Waals surface area contributed by atoms with Crippen molar-refractivity contribution >= 4 is 28.4 Å². The maximum absolute atomic E-state index is 11.8. The molecule has 1 unspecified atom stereocenters. The molecule has 2 amide bonds. The van der Waals surface area contributed by atoms with E-state index in [1.807, 2.05) is 19.1 Å². The van der Waals surface area contributed by atoms with E-state index in [1.54, 1.807) is 24.1 Å². The summed E-state index contributed by atoms with van der Waals surface area (Å²) in [4.78, 5) is 23.8. The summed E-state index contributed by atoms with van der Waals surface area (Å²) in [6.07, 6.45) is 3.06. The number of hydrogen-bond acceptors (Lipinski definition) is 3. The molecule has 21 heavy (non-hydrogen) atoms. The maximum atomic E-state index is 11.8. The molecule has 0 fully saturated rings. The fourth-order valence-corrected chi connectivity index (χ4v) is 2.16. The third-order valence-corrected chi connectivity index (χ3v) is 3.64. The van der Waals surface area contributed by atoms with Crippen LogP contribution in [0.2, 0.25) is 0 Å². The number of ether oxygens (including phenoxy) is 1. The Balaban J connectivity index is 2.25. The number of hydrogen-bond donors (Lipinski definition) is 1. The van der Waals surface area contributed by atoms with Crippen molar-refractivity contribution in [1.29, 1.82) is 0 Å². The number of carbonyl (C=O) groups is 2. The lowest BCUT2D eigenvalue weighted by Crippen LogP contribution is -2.35. The molecule has 116 valence electrons. The van der Waals surface area contributed by atoms with Gasteiger partial charge in [-0.1, -0.05) is 12.1 Å². The van der Waals surface area contributed by atoms with Gasteiger partial charge in [0.05, 0.1) is 4.47 Å². The molecule has 0 radical (unpaired) electrons. The first-order chi connectivity index (χ1) is 10.0. The van der Waals surface area contributed by atoms with Crippen molar-refractivity contribution in [1.82, 2.24) is 10.2 Å². The van der Waals surface area contributed by atoms with Gasteiger partial charge < -0.3 is 15.0 Å². The van der Waals surface area contributed by atoms with E-state index in [0.29, 0.717) is 5.75 Å². The summed E-state index contributed by atoms with van der Waals surface area (Å²) >= 11 is 3.32. The number of halogens is 1. The lowest BCUT2D eigenvalue weighted by atomic mass is 10.1. The monoisotopic (exact) mass is 356 g/mol. The number of amides is 2. The van der Waals surface area contributed by atoms with Gasteiger partial charge in [-0.15, -0.1) is 0 Å². The van der Waals surface area contributed by atoms with Crippen molar-refractivity contribution < 1.29 is 14.3 Å². The topological polar surface area (TPSA) is 58.6 Å². The third kappa shape index (κ3) is 7.13. The molecule has 0 aliphatic carbocycles. The highest BCUT2D eigenvalue weighted by Crippen LogP contribution is 2.23. The number of rotatable bonds is 8. The molecule has 0 bridgehead atoms. The molecule has 0 aromatic heterocycles. The molecule has 0 heterocycles. The van der Waals surface area contributed by atoms with E-state index in [9.17, 15) is 9.59 Å². The summed E-state index contributed by atoms with van der Waals surface area (Å²) in [6, 6.07) is 7.23. The van der Waals surface area contributed by atoms with E-state index in [0.717, 1.165) is 36.7 Å². The predicted octanol–water partition coefficient (Wildman–Crippen LogP) is 3.18. The van der Waals surface area contributed by atoms with Crippen molar-refractivity contribution in [3.63, 3.8) is 0 Å². The zero-order valence-corrected chi connectivity index (χ0v) is 13.9. The van der Waals surface area contributed by atoms with Gasteiger partial charge in [-0.05, 0) is 54.2 Å². The van der Waals surface area contributed by atoms with Crippen molar-refractivity contribution in [3.8, 4) is 5.75 Å². The predicted molar refractivity (Wildman–Crippen MR) is 85.3 cm³/mol. The maximum Gasteiger partial charge on any atom is 0.412 e. The minimum absolute atomic E-state index is 0.0292. The van der Waals surface area contributed by atoms with Gasteiger partial charge in [0.1, 0.15) is 5.75 Å². The second kappa shape index (κ2) is 9.39. The number of benzene rings is 1. The molecule has 0 saturated heterocycles. The second-order valence-corrected chi connectivity index (χ2v) is 5.80. The zero-order chi connectivity index (χ0) is 15.7. The van der Waals surface area contributed by atoms with Crippen molar-refractivity contribution in [2.45, 2.75) is 32.2 Å². The summed E-state index contributed by atoms with van der Waals surface area (Å²) in [5, 5.41) is 2.79. The van der Waals surface area contributed by atoms with Crippen LogP contribution in [-0.4, -0.2) is 37.0 Å². The van der Waals surface area contributed by atoms with Gasteiger partial charge in [-0.3, -0.25) is 4.79 Å². The quantitative estimate of drug-likeness (QED) is 0.574. The molecular formula is C15H21BrN2O3. The van der Waals surface area contributed by atoms with Gasteiger partial charge >= 0.3 is 6.09 Å². The molecule has 1 N–H and O–H groups in total. The normalized spacial score (nSPS) is 11.6. The Morgan fingerprint density at radius 1 is 1.43 bits per heavy atom. The number of unbranched alkanes of at least 4 members (excludes halogenated alkanes) is 1. The summed E-state index contributed by atoms with van der Waals surface area (Å²) in [6.45, 7) is 2.67. The molecule has 0 saturated carbocycles. The molecule has 0 aliphatic rings. The fraction of sp³-hybridized carbons (Fsp3) is 0.467. The molecule has 0 spiro atoms. The highest BCUT2D eigenvalue weighted by molar-refractivity contribution is 9.10. The van der Waals surface area contributed by atoms with Gasteiger partial charge in [0.15, 0.2) is 0 Å². The highest BCUT2D eigenvalue weighted by Gasteiger charge is 2.10. The van der Waals surface area contributed by atoms with Crippen LogP contribution in [0.3, 0.4) is 0 Å². The van der Waals surface area contributed by atoms with E-state index in [1.165, 1.54) is 0 Å². The summed E-state index contributed by atoms with van der Waals surface area (Å²) < 4.78 is 5.97. The number of carbonyl (C=O) groups excluding carboxylic acids is 2. The SMILES string of the molecule is CC(CCCCN(C)C=O)NC(=O)Oc1ccccc1Br. The molecule has 1 atom stereocenters. The summed E-state index contributed by atoms with van der Waals surface area (Å²) in [5.74, 6) is 0.495. The molecule has 1 aromatic rings. The number of para-hydroxylation sites is 1. The Morgan fingerprint density at radius 3 is 2.81 bits per heavy atom. The van der Waals surface area contributed by atoms with Crippen LogP contribution in [-0.2, 0) is 4.79 Å². The van der Waals surface area contributed by atoms with E-state index < -0.39 is 6.09 Å². The van der Waals surface area contributed by atoms with E-state index >= 15 is 0 Å². The smallest absolute Gasteiger partial charge is 0.409 e. The Bertz CT molecular complexity index is 468. The largest absolute Gasteiger partial charge is 0.412 e. The Kier molecular flexibility index (Phi) is 7.82. The van der Waals surface area contributed by atoms with Crippen LogP contribution in [0.15, 0.2) is 28.7 Å². The first-order valence-electron chi connectivity index (χ1n) is 6.91. The van der Waals surface area contributed by atoms with Crippen LogP contribution in [0.4, 0.5) is 4.79 Å². The molecule has 0 aliphatic heterocycles. The third-order valence-electron chi connectivity index (χ3n) is 2.98. The second-order valence-electron chi connectivity index (χ2n) is 4.95. The van der Waals surface area contributed by atoms with Crippen molar-refractivity contribution in [2.24, 2.45) is 0 Å². The zero-order valence-electron chi connectivity index (χ0n) is 12.3. The summed E-state index contributed by atoms with van der Waals surface area (Å²) in [7, 11) is 1.75. The van der Waals surface area contributed by atoms with Crippen LogP contribution in [0.5, 0.6) is 5.75 Å². The lowest BCUT2D eigenvalue weighted by Gasteiger charge is -2.15. The highest BCUT2D eigenvalue weighted by atomic mass is 79.9. The van der Waals surface area contributed by atoms with Gasteiger partial charge in [-0.2, -0.15) is 0 Å². The van der Waals surface area contributed by atoms with E-state index in [-0.39, 0.29) is 6.04 Å². The molecule has 1 rings (SSSR count). The summed E-state index contributed by atoms with van der Waals surface area (Å²) in [5.41, 5.74) is 0. The standard InChI is InChI=1S/C15H21BrN2O3/c1-12(7-5-6-10-18(2)11-19)17-15(20)21-14-9-4-3-8-13(14)16/h3-4,8-9,11-12H,5-7,10H2,1-2H3,(H,17,20). The van der Waals surface area contributed by atoms with Crippen LogP contribution >= 0.6 is 15.9 Å². The van der Waals surface area contributed by atoms with Crippen molar-refractivity contribution in [3.05, 3.63) is 28.7 Å². The molecule has 1 aromatic carbocycles. The minimum Gasteiger partial charge on any atom is -0.409 e. The average Bonchev–Trinajstić information content (AvgIpc) is 2.45. The van der Waals surface area contributed by atoms with Crippen LogP contribution in [0, 0.1) is 0 Å². The fourth-order valence-electron chi connectivity index (χ4n) is 1.79. The van der Waals surface area contributed by atoms with Crippen molar-refractivity contribution in [2.75, 3.05) is 13.6 Å². The van der Waals surface area contributed by atoms with Gasteiger partial charge in [-0.25, -0.2) is 4.79 Å². The van der Waals surface area contributed by atoms with Gasteiger partial charge in [0, 0.05) is 19.6 Å².